The molecule has 0 bridgehead atoms. The lowest BCUT2D eigenvalue weighted by atomic mass is 9.98. The number of anilines is 1. The normalized spacial score (nSPS) is 13.8. The number of rotatable bonds is 8. The minimum Gasteiger partial charge on any atom is -0.445 e. The van der Waals surface area contributed by atoms with Gasteiger partial charge in [0.1, 0.15) is 17.4 Å². The minimum atomic E-state index is -0.309. The van der Waals surface area contributed by atoms with Crippen LogP contribution < -0.4 is 10.9 Å². The Kier molecular flexibility index (Phi) is 8.62. The van der Waals surface area contributed by atoms with Crippen molar-refractivity contribution in [3.05, 3.63) is 105 Å². The number of aromatic nitrogens is 6. The number of aryl methyl sites for hydroxylation is 3. The van der Waals surface area contributed by atoms with Crippen molar-refractivity contribution in [3.63, 3.8) is 0 Å². The van der Waals surface area contributed by atoms with E-state index in [1.165, 1.54) is 0 Å². The molecule has 0 atom stereocenters. The first-order valence-corrected chi connectivity index (χ1v) is 16.5. The molecule has 11 nitrogen and oxygen atoms in total. The molecule has 1 aliphatic heterocycles. The standard InChI is InChI=1S/C36H37ClN8O3/c1-22-17-25(11-14-38-30-9-10-31(37)41-33(30)28-19-39-42-23(28)2)32-27(18-22)35(46)43(3)34-29(32)20-40-45(34)26-12-15-44(16-13-26)36(47)48-21-24-7-5-4-6-8-24/h4-10,17-20,26,38H,11-16,21H2,1-3H3,(H,39,42). The Morgan fingerprint density at radius 1 is 1.06 bits per heavy atom. The van der Waals surface area contributed by atoms with Crippen LogP contribution in [0.5, 0.6) is 0 Å². The van der Waals surface area contributed by atoms with Gasteiger partial charge in [0.25, 0.3) is 5.56 Å². The summed E-state index contributed by atoms with van der Waals surface area (Å²) in [4.78, 5) is 33.0. The average Bonchev–Trinajstić information content (AvgIpc) is 3.73. The lowest BCUT2D eigenvalue weighted by molar-refractivity contribution is 0.0824. The second kappa shape index (κ2) is 13.2. The van der Waals surface area contributed by atoms with Crippen molar-refractivity contribution in [2.75, 3.05) is 25.0 Å². The number of H-pyrrole nitrogens is 1. The van der Waals surface area contributed by atoms with Crippen molar-refractivity contribution in [1.29, 1.82) is 0 Å². The zero-order valence-electron chi connectivity index (χ0n) is 27.2. The van der Waals surface area contributed by atoms with Gasteiger partial charge in [-0.3, -0.25) is 14.5 Å². The first kappa shape index (κ1) is 31.4. The summed E-state index contributed by atoms with van der Waals surface area (Å²) in [5.41, 5.74) is 7.15. The quantitative estimate of drug-likeness (QED) is 0.176. The highest BCUT2D eigenvalue weighted by molar-refractivity contribution is 6.29. The second-order valence-corrected chi connectivity index (χ2v) is 12.8. The number of hydrogen-bond donors (Lipinski definition) is 2. The van der Waals surface area contributed by atoms with E-state index in [1.54, 1.807) is 21.7 Å². The Balaban J connectivity index is 1.13. The Hall–Kier alpha value is -5.16. The number of carbonyl (C=O) groups is 1. The van der Waals surface area contributed by atoms with Crippen molar-refractivity contribution >= 4 is 45.2 Å². The number of carbonyl (C=O) groups excluding carboxylic acids is 1. The van der Waals surface area contributed by atoms with Gasteiger partial charge in [0, 0.05) is 54.1 Å². The minimum absolute atomic E-state index is 0.0430. The fraction of sp³-hybridized carbons (Fsp3) is 0.306. The number of halogens is 1. The number of likely N-dealkylation sites (tertiary alicyclic amines) is 1. The summed E-state index contributed by atoms with van der Waals surface area (Å²) in [5, 5.41) is 18.5. The van der Waals surface area contributed by atoms with Crippen molar-refractivity contribution in [3.8, 4) is 11.3 Å². The van der Waals surface area contributed by atoms with Crippen LogP contribution in [0.15, 0.2) is 71.8 Å². The first-order chi connectivity index (χ1) is 23.3. The highest BCUT2D eigenvalue weighted by atomic mass is 35.5. The molecule has 1 amide bonds. The van der Waals surface area contributed by atoms with Gasteiger partial charge in [0.2, 0.25) is 0 Å². The molecule has 4 aromatic heterocycles. The fourth-order valence-corrected chi connectivity index (χ4v) is 6.91. The van der Waals surface area contributed by atoms with Gasteiger partial charge in [-0.2, -0.15) is 10.2 Å². The van der Waals surface area contributed by atoms with Gasteiger partial charge in [-0.25, -0.2) is 14.5 Å². The SMILES string of the molecule is Cc1cc(CCNc2ccc(Cl)nc2-c2cn[nH]c2C)c2c(c1)c(=O)n(C)c1c2cnn1C1CCN(C(=O)OCc2ccccc2)CC1. The number of nitrogens with zero attached hydrogens (tertiary/aromatic N) is 6. The van der Waals surface area contributed by atoms with Crippen molar-refractivity contribution in [2.45, 2.75) is 45.8 Å². The maximum absolute atomic E-state index is 13.9. The van der Waals surface area contributed by atoms with Crippen LogP contribution in [0.25, 0.3) is 33.1 Å². The molecule has 7 rings (SSSR count). The molecule has 0 aliphatic carbocycles. The van der Waals surface area contributed by atoms with Crippen LogP contribution in [0.1, 0.15) is 41.3 Å². The van der Waals surface area contributed by atoms with E-state index in [2.05, 4.69) is 26.6 Å². The third kappa shape index (κ3) is 6.01. The second-order valence-electron chi connectivity index (χ2n) is 12.4. The van der Waals surface area contributed by atoms with Crippen LogP contribution >= 0.6 is 11.6 Å². The van der Waals surface area contributed by atoms with Crippen LogP contribution in [-0.4, -0.2) is 60.2 Å². The van der Waals surface area contributed by atoms with Gasteiger partial charge < -0.3 is 15.0 Å². The van der Waals surface area contributed by atoms with Gasteiger partial charge in [0.15, 0.2) is 0 Å². The maximum atomic E-state index is 13.9. The lowest BCUT2D eigenvalue weighted by Crippen LogP contribution is -2.39. The number of amides is 1. The topological polar surface area (TPSA) is 123 Å². The molecule has 2 aromatic carbocycles. The highest BCUT2D eigenvalue weighted by Crippen LogP contribution is 2.33. The van der Waals surface area contributed by atoms with Crippen LogP contribution in [0, 0.1) is 13.8 Å². The summed E-state index contributed by atoms with van der Waals surface area (Å²) in [5.74, 6) is 0. The number of fused-ring (bicyclic) bond motifs is 3. The molecule has 1 fully saturated rings. The molecule has 0 unspecified atom stereocenters. The van der Waals surface area contributed by atoms with Crippen LogP contribution in [-0.2, 0) is 24.8 Å². The van der Waals surface area contributed by atoms with Crippen molar-refractivity contribution in [2.24, 2.45) is 7.05 Å². The lowest BCUT2D eigenvalue weighted by Gasteiger charge is -2.31. The number of hydrogen-bond acceptors (Lipinski definition) is 7. The molecular formula is C36H37ClN8O3. The summed E-state index contributed by atoms with van der Waals surface area (Å²) < 4.78 is 9.26. The van der Waals surface area contributed by atoms with E-state index < -0.39 is 0 Å². The molecule has 1 aliphatic rings. The summed E-state index contributed by atoms with van der Waals surface area (Å²) in [7, 11) is 1.81. The van der Waals surface area contributed by atoms with Crippen molar-refractivity contribution < 1.29 is 9.53 Å². The average molecular weight is 665 g/mol. The van der Waals surface area contributed by atoms with E-state index in [4.69, 9.17) is 21.4 Å². The largest absolute Gasteiger partial charge is 0.445 e. The summed E-state index contributed by atoms with van der Waals surface area (Å²) >= 11 is 6.26. The predicted molar refractivity (Wildman–Crippen MR) is 187 cm³/mol. The summed E-state index contributed by atoms with van der Waals surface area (Å²) in [6.45, 7) is 5.93. The van der Waals surface area contributed by atoms with E-state index in [0.29, 0.717) is 49.4 Å². The molecule has 1 saturated heterocycles. The third-order valence-electron chi connectivity index (χ3n) is 9.19. The number of piperidine rings is 1. The third-order valence-corrected chi connectivity index (χ3v) is 9.40. The number of aromatic amines is 1. The Morgan fingerprint density at radius 3 is 2.60 bits per heavy atom. The van der Waals surface area contributed by atoms with E-state index in [9.17, 15) is 9.59 Å². The molecule has 48 heavy (non-hydrogen) atoms. The summed E-state index contributed by atoms with van der Waals surface area (Å²) in [6.07, 6.45) is 5.41. The van der Waals surface area contributed by atoms with Crippen molar-refractivity contribution in [1.82, 2.24) is 34.4 Å². The Morgan fingerprint density at radius 2 is 1.85 bits per heavy atom. The zero-order chi connectivity index (χ0) is 33.4. The molecule has 2 N–H and O–H groups in total. The van der Waals surface area contributed by atoms with Gasteiger partial charge in [-0.1, -0.05) is 53.6 Å². The monoisotopic (exact) mass is 664 g/mol. The molecule has 6 aromatic rings. The van der Waals surface area contributed by atoms with E-state index in [0.717, 1.165) is 55.7 Å². The molecule has 0 radical (unpaired) electrons. The fourth-order valence-electron chi connectivity index (χ4n) is 6.76. The molecule has 12 heteroatoms. The summed E-state index contributed by atoms with van der Waals surface area (Å²) in [6, 6.07) is 17.5. The van der Waals surface area contributed by atoms with Gasteiger partial charge in [-0.15, -0.1) is 0 Å². The number of benzene rings is 2. The molecule has 0 spiro atoms. The van der Waals surface area contributed by atoms with Crippen LogP contribution in [0.4, 0.5) is 10.5 Å². The van der Waals surface area contributed by atoms with E-state index in [1.807, 2.05) is 74.2 Å². The molecule has 0 saturated carbocycles. The first-order valence-electron chi connectivity index (χ1n) is 16.1. The number of ether oxygens (including phenoxy) is 1. The molecule has 246 valence electrons. The van der Waals surface area contributed by atoms with Crippen LogP contribution in [0.2, 0.25) is 5.15 Å². The maximum Gasteiger partial charge on any atom is 0.410 e. The zero-order valence-corrected chi connectivity index (χ0v) is 27.9. The van der Waals surface area contributed by atoms with E-state index >= 15 is 0 Å². The molecule has 5 heterocycles. The highest BCUT2D eigenvalue weighted by Gasteiger charge is 2.28. The predicted octanol–water partition coefficient (Wildman–Crippen LogP) is 6.57. The molecular weight excluding hydrogens is 628 g/mol. The van der Waals surface area contributed by atoms with Crippen LogP contribution in [0.3, 0.4) is 0 Å². The number of nitrogens with one attached hydrogen (secondary N) is 2. The van der Waals surface area contributed by atoms with Gasteiger partial charge in [0.05, 0.1) is 29.8 Å². The van der Waals surface area contributed by atoms with Gasteiger partial charge >= 0.3 is 6.09 Å². The van der Waals surface area contributed by atoms with E-state index in [-0.39, 0.29) is 24.3 Å². The van der Waals surface area contributed by atoms with Gasteiger partial charge in [-0.05, 0) is 62.4 Å². The Bertz CT molecular complexity index is 2180. The number of pyridine rings is 2. The Labute approximate surface area is 282 Å². The smallest absolute Gasteiger partial charge is 0.410 e.